The Bertz CT molecular complexity index is 360. The summed E-state index contributed by atoms with van der Waals surface area (Å²) in [6.45, 7) is 2.40. The number of ether oxygens (including phenoxy) is 1. The molecule has 1 heterocycles. The Morgan fingerprint density at radius 1 is 1.35 bits per heavy atom. The molecule has 2 amide bonds. The molecule has 2 rings (SSSR count). The van der Waals surface area contributed by atoms with Gasteiger partial charge in [0, 0.05) is 32.2 Å². The van der Waals surface area contributed by atoms with Gasteiger partial charge in [-0.2, -0.15) is 0 Å². The highest BCUT2D eigenvalue weighted by molar-refractivity contribution is 5.75. The lowest BCUT2D eigenvalue weighted by atomic mass is 9.69. The van der Waals surface area contributed by atoms with Gasteiger partial charge in [-0.25, -0.2) is 4.79 Å². The summed E-state index contributed by atoms with van der Waals surface area (Å²) >= 11 is 0. The van der Waals surface area contributed by atoms with Crippen LogP contribution < -0.4 is 5.32 Å². The molecule has 2 fully saturated rings. The van der Waals surface area contributed by atoms with Crippen molar-refractivity contribution in [1.82, 2.24) is 10.2 Å². The number of hydrogen-bond donors (Lipinski definition) is 2. The van der Waals surface area contributed by atoms with Crippen molar-refractivity contribution < 1.29 is 19.4 Å². The van der Waals surface area contributed by atoms with Crippen molar-refractivity contribution in [3.8, 4) is 0 Å². The third-order valence-corrected chi connectivity index (χ3v) is 4.61. The number of carbonyl (C=O) groups is 2. The third-order valence-electron chi connectivity index (χ3n) is 4.61. The summed E-state index contributed by atoms with van der Waals surface area (Å²) < 4.78 is 5.24. The van der Waals surface area contributed by atoms with Crippen molar-refractivity contribution in [2.45, 2.75) is 32.1 Å². The molecule has 0 radical (unpaired) electrons. The first-order chi connectivity index (χ1) is 9.56. The molecule has 0 unspecified atom stereocenters. The molecule has 0 bridgehead atoms. The van der Waals surface area contributed by atoms with Crippen LogP contribution in [0.3, 0.4) is 0 Å². The number of hydrogen-bond acceptors (Lipinski definition) is 3. The number of nitrogens with one attached hydrogen (secondary N) is 1. The fourth-order valence-corrected chi connectivity index (χ4v) is 3.06. The second-order valence-electron chi connectivity index (χ2n) is 6.04. The maximum Gasteiger partial charge on any atom is 0.317 e. The number of rotatable bonds is 5. The molecule has 6 heteroatoms. The Labute approximate surface area is 119 Å². The SMILES string of the molecule is COCC1(CNC(=O)N2CCC(C(=O)O)CC2)CCC1. The maximum atomic E-state index is 12.1. The van der Waals surface area contributed by atoms with E-state index < -0.39 is 5.97 Å². The van der Waals surface area contributed by atoms with Crippen LogP contribution in [0, 0.1) is 11.3 Å². The van der Waals surface area contributed by atoms with Gasteiger partial charge in [0.1, 0.15) is 0 Å². The van der Waals surface area contributed by atoms with E-state index >= 15 is 0 Å². The average molecular weight is 284 g/mol. The van der Waals surface area contributed by atoms with Gasteiger partial charge in [0.2, 0.25) is 0 Å². The van der Waals surface area contributed by atoms with Crippen LogP contribution >= 0.6 is 0 Å². The average Bonchev–Trinajstić information content (AvgIpc) is 2.41. The summed E-state index contributed by atoms with van der Waals surface area (Å²) in [5.41, 5.74) is 0.115. The molecule has 1 aliphatic carbocycles. The van der Waals surface area contributed by atoms with Crippen LogP contribution in [0.5, 0.6) is 0 Å². The quantitative estimate of drug-likeness (QED) is 0.798. The molecule has 0 atom stereocenters. The van der Waals surface area contributed by atoms with Gasteiger partial charge in [-0.05, 0) is 25.7 Å². The minimum atomic E-state index is -0.751. The van der Waals surface area contributed by atoms with Crippen LogP contribution in [-0.2, 0) is 9.53 Å². The van der Waals surface area contributed by atoms with Crippen molar-refractivity contribution in [2.24, 2.45) is 11.3 Å². The standard InChI is InChI=1S/C14H24N2O4/c1-20-10-14(5-2-6-14)9-15-13(19)16-7-3-11(4-8-16)12(17)18/h11H,2-10H2,1H3,(H,15,19)(H,17,18). The Morgan fingerprint density at radius 2 is 2.00 bits per heavy atom. The number of carboxylic acids is 1. The van der Waals surface area contributed by atoms with E-state index in [1.54, 1.807) is 12.0 Å². The first kappa shape index (κ1) is 15.1. The number of piperidine rings is 1. The van der Waals surface area contributed by atoms with Gasteiger partial charge in [0.05, 0.1) is 12.5 Å². The number of carboxylic acid groups (broad SMARTS) is 1. The van der Waals surface area contributed by atoms with Gasteiger partial charge in [-0.3, -0.25) is 4.79 Å². The van der Waals surface area contributed by atoms with Crippen molar-refractivity contribution in [3.05, 3.63) is 0 Å². The lowest BCUT2D eigenvalue weighted by Crippen LogP contribution is -2.50. The molecule has 6 nitrogen and oxygen atoms in total. The summed E-state index contributed by atoms with van der Waals surface area (Å²) in [4.78, 5) is 24.7. The van der Waals surface area contributed by atoms with Crippen LogP contribution in [0.1, 0.15) is 32.1 Å². The molecular weight excluding hydrogens is 260 g/mol. The van der Waals surface area contributed by atoms with Crippen LogP contribution in [0.25, 0.3) is 0 Å². The molecule has 20 heavy (non-hydrogen) atoms. The van der Waals surface area contributed by atoms with Gasteiger partial charge in [0.25, 0.3) is 0 Å². The Morgan fingerprint density at radius 3 is 2.45 bits per heavy atom. The predicted octanol–water partition coefficient (Wildman–Crippen LogP) is 1.31. The van der Waals surface area contributed by atoms with E-state index in [1.165, 1.54) is 6.42 Å². The Kier molecular flexibility index (Phi) is 4.86. The number of nitrogens with zero attached hydrogens (tertiary/aromatic N) is 1. The summed E-state index contributed by atoms with van der Waals surface area (Å²) in [6.07, 6.45) is 4.49. The highest BCUT2D eigenvalue weighted by Crippen LogP contribution is 2.40. The smallest absolute Gasteiger partial charge is 0.317 e. The number of aliphatic carboxylic acids is 1. The van der Waals surface area contributed by atoms with Crippen LogP contribution in [0.15, 0.2) is 0 Å². The molecule has 0 spiro atoms. The van der Waals surface area contributed by atoms with Gasteiger partial charge in [-0.1, -0.05) is 6.42 Å². The lowest BCUT2D eigenvalue weighted by molar-refractivity contribution is -0.143. The molecule has 1 aliphatic heterocycles. The zero-order valence-corrected chi connectivity index (χ0v) is 12.1. The molecule has 0 aromatic heterocycles. The molecule has 1 saturated heterocycles. The predicted molar refractivity (Wildman–Crippen MR) is 73.5 cm³/mol. The largest absolute Gasteiger partial charge is 0.481 e. The van der Waals surface area contributed by atoms with Crippen molar-refractivity contribution in [2.75, 3.05) is 33.4 Å². The first-order valence-corrected chi connectivity index (χ1v) is 7.31. The fourth-order valence-electron chi connectivity index (χ4n) is 3.06. The van der Waals surface area contributed by atoms with E-state index in [0.717, 1.165) is 12.8 Å². The summed E-state index contributed by atoms with van der Waals surface area (Å²) in [7, 11) is 1.69. The maximum absolute atomic E-state index is 12.1. The normalized spacial score (nSPS) is 22.1. The molecular formula is C14H24N2O4. The Balaban J connectivity index is 1.74. The third kappa shape index (κ3) is 3.42. The van der Waals surface area contributed by atoms with E-state index in [1.807, 2.05) is 0 Å². The zero-order chi connectivity index (χ0) is 14.6. The minimum Gasteiger partial charge on any atom is -0.481 e. The fraction of sp³-hybridized carbons (Fsp3) is 0.857. The molecule has 0 aromatic carbocycles. The van der Waals surface area contributed by atoms with Crippen LogP contribution in [-0.4, -0.2) is 55.4 Å². The van der Waals surface area contributed by atoms with E-state index in [4.69, 9.17) is 9.84 Å². The topological polar surface area (TPSA) is 78.9 Å². The number of carbonyl (C=O) groups excluding carboxylic acids is 1. The second kappa shape index (κ2) is 6.43. The summed E-state index contributed by atoms with van der Waals surface area (Å²) in [6, 6.07) is -0.0729. The van der Waals surface area contributed by atoms with Crippen LogP contribution in [0.4, 0.5) is 4.79 Å². The first-order valence-electron chi connectivity index (χ1n) is 7.31. The minimum absolute atomic E-state index is 0.0729. The van der Waals surface area contributed by atoms with E-state index in [9.17, 15) is 9.59 Å². The van der Waals surface area contributed by atoms with Crippen molar-refractivity contribution >= 4 is 12.0 Å². The lowest BCUT2D eigenvalue weighted by Gasteiger charge is -2.42. The molecule has 2 N–H and O–H groups in total. The van der Waals surface area contributed by atoms with E-state index in [2.05, 4.69) is 5.32 Å². The molecule has 114 valence electrons. The number of likely N-dealkylation sites (tertiary alicyclic amines) is 1. The van der Waals surface area contributed by atoms with E-state index in [-0.39, 0.29) is 17.4 Å². The second-order valence-corrected chi connectivity index (χ2v) is 6.04. The zero-order valence-electron chi connectivity index (χ0n) is 12.1. The van der Waals surface area contributed by atoms with Crippen molar-refractivity contribution in [3.63, 3.8) is 0 Å². The van der Waals surface area contributed by atoms with Gasteiger partial charge in [0.15, 0.2) is 0 Å². The van der Waals surface area contributed by atoms with Gasteiger partial charge in [-0.15, -0.1) is 0 Å². The van der Waals surface area contributed by atoms with Crippen LogP contribution in [0.2, 0.25) is 0 Å². The van der Waals surface area contributed by atoms with E-state index in [0.29, 0.717) is 39.1 Å². The number of urea groups is 1. The summed E-state index contributed by atoms with van der Waals surface area (Å²) in [5.74, 6) is -1.05. The number of amides is 2. The highest BCUT2D eigenvalue weighted by atomic mass is 16.5. The van der Waals surface area contributed by atoms with Crippen molar-refractivity contribution in [1.29, 1.82) is 0 Å². The van der Waals surface area contributed by atoms with Gasteiger partial charge >= 0.3 is 12.0 Å². The molecule has 2 aliphatic rings. The molecule has 0 aromatic rings. The Hall–Kier alpha value is -1.30. The summed E-state index contributed by atoms with van der Waals surface area (Å²) in [5, 5.41) is 11.9. The van der Waals surface area contributed by atoms with Gasteiger partial charge < -0.3 is 20.1 Å². The molecule has 1 saturated carbocycles. The highest BCUT2D eigenvalue weighted by Gasteiger charge is 2.37. The monoisotopic (exact) mass is 284 g/mol. The number of methoxy groups -OCH3 is 1.